The first-order valence-corrected chi connectivity index (χ1v) is 11.8. The summed E-state index contributed by atoms with van der Waals surface area (Å²) in [6.45, 7) is 2.90. The largest absolute Gasteiger partial charge is 0.383 e. The molecule has 1 saturated carbocycles. The number of rotatable bonds is 5. The molecule has 3 aromatic rings. The van der Waals surface area contributed by atoms with Crippen LogP contribution in [0.5, 0.6) is 0 Å². The lowest BCUT2D eigenvalue weighted by molar-refractivity contribution is 0.0526. The van der Waals surface area contributed by atoms with Crippen molar-refractivity contribution in [1.82, 2.24) is 15.0 Å². The molecule has 1 aliphatic heterocycles. The number of anilines is 2. The number of nitrogens with two attached hydrogens (primary N) is 1. The number of nitrogen functional groups attached to an aromatic ring is 1. The van der Waals surface area contributed by atoms with Crippen molar-refractivity contribution >= 4 is 28.4 Å². The number of halogens is 1. The van der Waals surface area contributed by atoms with Crippen LogP contribution in [0.1, 0.15) is 66.5 Å². The second-order valence-electron chi connectivity index (χ2n) is 9.37. The van der Waals surface area contributed by atoms with E-state index >= 15 is 0 Å². The molecular formula is C26H28FN5O3. The molecule has 182 valence electrons. The summed E-state index contributed by atoms with van der Waals surface area (Å²) in [7, 11) is 1.46. The van der Waals surface area contributed by atoms with Crippen LogP contribution in [0.3, 0.4) is 0 Å². The van der Waals surface area contributed by atoms with E-state index in [2.05, 4.69) is 39.0 Å². The van der Waals surface area contributed by atoms with Gasteiger partial charge in [-0.2, -0.15) is 0 Å². The molecule has 5 rings (SSSR count). The topological polar surface area (TPSA) is 115 Å². The molecule has 2 aromatic heterocycles. The van der Waals surface area contributed by atoms with E-state index < -0.39 is 11.7 Å². The lowest BCUT2D eigenvalue weighted by Gasteiger charge is -2.17. The van der Waals surface area contributed by atoms with Crippen molar-refractivity contribution in [3.63, 3.8) is 0 Å². The maximum absolute atomic E-state index is 14.2. The van der Waals surface area contributed by atoms with Crippen LogP contribution in [0, 0.1) is 17.7 Å². The van der Waals surface area contributed by atoms with Crippen molar-refractivity contribution in [3.8, 4) is 11.8 Å². The number of aromatic amines is 1. The molecule has 2 aliphatic rings. The Balaban J connectivity index is 1.51. The fourth-order valence-corrected chi connectivity index (χ4v) is 4.39. The summed E-state index contributed by atoms with van der Waals surface area (Å²) in [5, 5.41) is 3.29. The Morgan fingerprint density at radius 1 is 1.37 bits per heavy atom. The molecule has 0 spiro atoms. The zero-order valence-electron chi connectivity index (χ0n) is 19.8. The van der Waals surface area contributed by atoms with Crippen LogP contribution in [0.15, 0.2) is 18.2 Å². The average Bonchev–Trinajstić information content (AvgIpc) is 3.48. The van der Waals surface area contributed by atoms with Gasteiger partial charge in [0.1, 0.15) is 23.4 Å². The van der Waals surface area contributed by atoms with Crippen LogP contribution in [-0.2, 0) is 21.5 Å². The first-order valence-electron chi connectivity index (χ1n) is 11.8. The fourth-order valence-electron chi connectivity index (χ4n) is 4.39. The molecule has 2 fully saturated rings. The molecule has 1 amide bonds. The summed E-state index contributed by atoms with van der Waals surface area (Å²) in [4.78, 5) is 25.1. The summed E-state index contributed by atoms with van der Waals surface area (Å²) in [5.74, 6) is 5.51. The number of nitrogens with one attached hydrogen (secondary N) is 2. The fraction of sp³-hybridized carbons (Fsp3) is 0.423. The highest BCUT2D eigenvalue weighted by atomic mass is 19.1. The third kappa shape index (κ3) is 4.59. The van der Waals surface area contributed by atoms with Gasteiger partial charge in [-0.25, -0.2) is 14.4 Å². The van der Waals surface area contributed by atoms with E-state index in [4.69, 9.17) is 15.2 Å². The second-order valence-corrected chi connectivity index (χ2v) is 9.37. The summed E-state index contributed by atoms with van der Waals surface area (Å²) in [5.41, 5.74) is 9.02. The normalized spacial score (nSPS) is 18.7. The number of methoxy groups -OCH3 is 1. The Labute approximate surface area is 202 Å². The Kier molecular flexibility index (Phi) is 6.17. The van der Waals surface area contributed by atoms with Crippen LogP contribution in [0.25, 0.3) is 11.0 Å². The van der Waals surface area contributed by atoms with Gasteiger partial charge in [-0.1, -0.05) is 24.8 Å². The molecular weight excluding hydrogens is 449 g/mol. The Hall–Kier alpha value is -3.48. The quantitative estimate of drug-likeness (QED) is 0.478. The summed E-state index contributed by atoms with van der Waals surface area (Å²) < 4.78 is 25.1. The number of hydrogen-bond donors (Lipinski definition) is 3. The number of carbonyl (C=O) groups is 1. The van der Waals surface area contributed by atoms with Gasteiger partial charge >= 0.3 is 0 Å². The summed E-state index contributed by atoms with van der Waals surface area (Å²) >= 11 is 0. The van der Waals surface area contributed by atoms with E-state index in [0.29, 0.717) is 11.0 Å². The Morgan fingerprint density at radius 2 is 2.20 bits per heavy atom. The van der Waals surface area contributed by atoms with Gasteiger partial charge in [0.25, 0.3) is 5.91 Å². The third-order valence-electron chi connectivity index (χ3n) is 6.68. The number of benzene rings is 1. The predicted molar refractivity (Wildman–Crippen MR) is 130 cm³/mol. The predicted octanol–water partition coefficient (Wildman–Crippen LogP) is 4.05. The molecule has 1 aromatic carbocycles. The lowest BCUT2D eigenvalue weighted by atomic mass is 9.99. The van der Waals surface area contributed by atoms with E-state index in [9.17, 15) is 9.18 Å². The number of carbonyl (C=O) groups excluding carboxylic acids is 1. The smallest absolute Gasteiger partial charge is 0.293 e. The Morgan fingerprint density at radius 3 is 2.91 bits per heavy atom. The van der Waals surface area contributed by atoms with Crippen LogP contribution < -0.4 is 11.1 Å². The van der Waals surface area contributed by atoms with E-state index in [1.807, 2.05) is 0 Å². The second kappa shape index (κ2) is 9.29. The molecule has 0 bridgehead atoms. The molecule has 4 N–H and O–H groups in total. The third-order valence-corrected chi connectivity index (χ3v) is 6.68. The van der Waals surface area contributed by atoms with Crippen molar-refractivity contribution in [2.24, 2.45) is 0 Å². The molecule has 9 heteroatoms. The minimum absolute atomic E-state index is 0.00955. The van der Waals surface area contributed by atoms with Crippen molar-refractivity contribution < 1.29 is 18.7 Å². The molecule has 1 unspecified atom stereocenters. The molecule has 1 aliphatic carbocycles. The molecule has 1 saturated heterocycles. The first-order chi connectivity index (χ1) is 16.9. The standard InChI is InChI=1S/C26H28FN5O3/c1-26(11-12-26)21-16(10-9-15-6-3-4-13-35-15)20-22(28)31-24(32-23(20)30-21)25(33)29-19-8-5-7-18(27)17(19)14-34-2/h5,7-8,15H,3-4,6,11-14H2,1-2H3,(H,29,33)(H3,28,30,31,32). The number of fused-ring (bicyclic) bond motifs is 1. The van der Waals surface area contributed by atoms with Gasteiger partial charge in [-0.3, -0.25) is 4.79 Å². The number of amides is 1. The molecule has 1 atom stereocenters. The van der Waals surface area contributed by atoms with E-state index in [0.717, 1.165) is 50.0 Å². The van der Waals surface area contributed by atoms with Gasteiger partial charge in [0.15, 0.2) is 0 Å². The summed E-state index contributed by atoms with van der Waals surface area (Å²) in [6.07, 6.45) is 5.01. The lowest BCUT2D eigenvalue weighted by Crippen LogP contribution is -2.18. The Bertz CT molecular complexity index is 1350. The number of aromatic nitrogens is 3. The molecule has 35 heavy (non-hydrogen) atoms. The van der Waals surface area contributed by atoms with Gasteiger partial charge in [0, 0.05) is 36.1 Å². The van der Waals surface area contributed by atoms with Crippen LogP contribution in [-0.4, -0.2) is 40.7 Å². The van der Waals surface area contributed by atoms with E-state index in [-0.39, 0.29) is 41.0 Å². The van der Waals surface area contributed by atoms with E-state index in [1.165, 1.54) is 19.2 Å². The van der Waals surface area contributed by atoms with Gasteiger partial charge in [-0.05, 0) is 44.2 Å². The molecule has 0 radical (unpaired) electrons. The zero-order chi connectivity index (χ0) is 24.6. The number of ether oxygens (including phenoxy) is 2. The highest BCUT2D eigenvalue weighted by Crippen LogP contribution is 2.49. The maximum Gasteiger partial charge on any atom is 0.293 e. The first kappa shape index (κ1) is 23.3. The number of hydrogen-bond acceptors (Lipinski definition) is 6. The molecule has 3 heterocycles. The van der Waals surface area contributed by atoms with Gasteiger partial charge in [0.05, 0.1) is 17.6 Å². The number of nitrogens with zero attached hydrogens (tertiary/aromatic N) is 2. The SMILES string of the molecule is COCc1c(F)cccc1NC(=O)c1nc(N)c2c(C#CC3CCCCO3)c(C3(C)CC3)[nH]c2n1. The summed E-state index contributed by atoms with van der Waals surface area (Å²) in [6, 6.07) is 4.42. The van der Waals surface area contributed by atoms with Crippen molar-refractivity contribution in [1.29, 1.82) is 0 Å². The van der Waals surface area contributed by atoms with Crippen molar-refractivity contribution in [3.05, 3.63) is 46.7 Å². The van der Waals surface area contributed by atoms with Crippen LogP contribution >= 0.6 is 0 Å². The highest BCUT2D eigenvalue weighted by molar-refractivity contribution is 6.04. The minimum Gasteiger partial charge on any atom is -0.383 e. The zero-order valence-corrected chi connectivity index (χ0v) is 19.8. The van der Waals surface area contributed by atoms with Crippen molar-refractivity contribution in [2.75, 3.05) is 24.8 Å². The maximum atomic E-state index is 14.2. The molecule has 8 nitrogen and oxygen atoms in total. The van der Waals surface area contributed by atoms with E-state index in [1.54, 1.807) is 6.07 Å². The van der Waals surface area contributed by atoms with Gasteiger partial charge in [-0.15, -0.1) is 0 Å². The van der Waals surface area contributed by atoms with Gasteiger partial charge < -0.3 is 25.5 Å². The number of H-pyrrole nitrogens is 1. The minimum atomic E-state index is -0.599. The van der Waals surface area contributed by atoms with Crippen molar-refractivity contribution in [2.45, 2.75) is 57.2 Å². The average molecular weight is 478 g/mol. The van der Waals surface area contributed by atoms with Crippen LogP contribution in [0.4, 0.5) is 15.9 Å². The highest BCUT2D eigenvalue weighted by Gasteiger charge is 2.43. The monoisotopic (exact) mass is 477 g/mol. The van der Waals surface area contributed by atoms with Gasteiger partial charge in [0.2, 0.25) is 5.82 Å². The van der Waals surface area contributed by atoms with Crippen LogP contribution in [0.2, 0.25) is 0 Å².